The Labute approximate surface area is 112 Å². The van der Waals surface area contributed by atoms with Crippen molar-refractivity contribution in [3.8, 4) is 5.75 Å². The smallest absolute Gasteiger partial charge is 0.258 e. The van der Waals surface area contributed by atoms with Gasteiger partial charge in [-0.3, -0.25) is 4.79 Å². The second kappa shape index (κ2) is 6.35. The molecule has 0 heterocycles. The van der Waals surface area contributed by atoms with Gasteiger partial charge in [-0.2, -0.15) is 0 Å². The highest BCUT2D eigenvalue weighted by atomic mass is 32.2. The molecule has 0 atom stereocenters. The van der Waals surface area contributed by atoms with Crippen LogP contribution in [0.15, 0.2) is 35.7 Å². The first kappa shape index (κ1) is 15.2. The number of carbonyl (C=O) groups is 1. The average Bonchev–Trinajstić information content (AvgIpc) is 2.32. The summed E-state index contributed by atoms with van der Waals surface area (Å²) in [6, 6.07) is 4.32. The van der Waals surface area contributed by atoms with E-state index in [4.69, 9.17) is 9.88 Å². The largest absolute Gasteiger partial charge is 0.484 e. The normalized spacial score (nSPS) is 10.8. The fourth-order valence-corrected chi connectivity index (χ4v) is 2.18. The van der Waals surface area contributed by atoms with E-state index < -0.39 is 10.0 Å². The zero-order valence-corrected chi connectivity index (χ0v) is 11.4. The number of carbonyl (C=O) groups excluding carboxylic acids is 1. The monoisotopic (exact) mass is 284 g/mol. The number of primary sulfonamides is 1. The predicted octanol–water partition coefficient (Wildman–Crippen LogP) is 0.323. The van der Waals surface area contributed by atoms with Gasteiger partial charge in [0.05, 0.1) is 4.90 Å². The van der Waals surface area contributed by atoms with Crippen LogP contribution in [-0.2, 0) is 14.8 Å². The maximum atomic E-state index is 11.3. The number of nitrogens with two attached hydrogens (primary N) is 1. The number of sulfonamides is 1. The highest BCUT2D eigenvalue weighted by Gasteiger charge is 2.12. The lowest BCUT2D eigenvalue weighted by atomic mass is 10.2. The van der Waals surface area contributed by atoms with Crippen LogP contribution in [0.4, 0.5) is 0 Å². The van der Waals surface area contributed by atoms with Crippen molar-refractivity contribution < 1.29 is 17.9 Å². The Balaban J connectivity index is 2.69. The third-order valence-electron chi connectivity index (χ3n) is 2.27. The van der Waals surface area contributed by atoms with E-state index in [9.17, 15) is 13.2 Å². The van der Waals surface area contributed by atoms with E-state index in [1.807, 2.05) is 0 Å². The first-order chi connectivity index (χ1) is 8.84. The lowest BCUT2D eigenvalue weighted by Crippen LogP contribution is -2.28. The zero-order valence-electron chi connectivity index (χ0n) is 10.5. The van der Waals surface area contributed by atoms with Crippen molar-refractivity contribution >= 4 is 15.9 Å². The van der Waals surface area contributed by atoms with Gasteiger partial charge >= 0.3 is 0 Å². The lowest BCUT2D eigenvalue weighted by Gasteiger charge is -2.09. The third kappa shape index (κ3) is 4.72. The summed E-state index contributed by atoms with van der Waals surface area (Å²) in [7, 11) is -3.74. The van der Waals surface area contributed by atoms with Gasteiger partial charge in [-0.05, 0) is 30.7 Å². The summed E-state index contributed by atoms with van der Waals surface area (Å²) in [6.45, 7) is 5.29. The molecule has 0 fully saturated rings. The molecule has 3 N–H and O–H groups in total. The maximum Gasteiger partial charge on any atom is 0.258 e. The van der Waals surface area contributed by atoms with Crippen molar-refractivity contribution in [3.63, 3.8) is 0 Å². The summed E-state index contributed by atoms with van der Waals surface area (Å²) >= 11 is 0. The molecule has 1 aromatic rings. The van der Waals surface area contributed by atoms with E-state index in [0.29, 0.717) is 17.9 Å². The highest BCUT2D eigenvalue weighted by molar-refractivity contribution is 7.89. The second-order valence-electron chi connectivity index (χ2n) is 3.85. The van der Waals surface area contributed by atoms with E-state index in [-0.39, 0.29) is 17.4 Å². The molecule has 6 nitrogen and oxygen atoms in total. The van der Waals surface area contributed by atoms with Crippen LogP contribution >= 0.6 is 0 Å². The van der Waals surface area contributed by atoms with Crippen molar-refractivity contribution in [2.45, 2.75) is 11.8 Å². The van der Waals surface area contributed by atoms with Crippen molar-refractivity contribution in [3.05, 3.63) is 36.4 Å². The second-order valence-corrected chi connectivity index (χ2v) is 5.38. The molecule has 1 rings (SSSR count). The van der Waals surface area contributed by atoms with Crippen LogP contribution in [0.25, 0.3) is 0 Å². The molecule has 0 bridgehead atoms. The molecular weight excluding hydrogens is 268 g/mol. The topological polar surface area (TPSA) is 98.5 Å². The summed E-state index contributed by atoms with van der Waals surface area (Å²) in [4.78, 5) is 11.3. The quantitative estimate of drug-likeness (QED) is 0.735. The van der Waals surface area contributed by atoms with Crippen LogP contribution in [0.3, 0.4) is 0 Å². The molecule has 19 heavy (non-hydrogen) atoms. The number of ether oxygens (including phenoxy) is 1. The van der Waals surface area contributed by atoms with Crippen LogP contribution in [0.5, 0.6) is 5.75 Å². The molecule has 0 unspecified atom stereocenters. The van der Waals surface area contributed by atoms with Gasteiger partial charge in [-0.1, -0.05) is 6.08 Å². The predicted molar refractivity (Wildman–Crippen MR) is 71.3 cm³/mol. The van der Waals surface area contributed by atoms with E-state index in [1.54, 1.807) is 13.0 Å². The van der Waals surface area contributed by atoms with Gasteiger partial charge in [0, 0.05) is 6.54 Å². The zero-order chi connectivity index (χ0) is 14.5. The Kier molecular flexibility index (Phi) is 5.08. The van der Waals surface area contributed by atoms with Gasteiger partial charge in [-0.15, -0.1) is 6.58 Å². The number of hydrogen-bond acceptors (Lipinski definition) is 4. The molecule has 7 heteroatoms. The Morgan fingerprint density at radius 3 is 2.74 bits per heavy atom. The minimum atomic E-state index is -3.74. The fourth-order valence-electron chi connectivity index (χ4n) is 1.42. The molecule has 1 amide bonds. The van der Waals surface area contributed by atoms with Gasteiger partial charge in [0.1, 0.15) is 5.75 Å². The van der Waals surface area contributed by atoms with Crippen molar-refractivity contribution in [1.82, 2.24) is 5.32 Å². The van der Waals surface area contributed by atoms with Crippen molar-refractivity contribution in [2.24, 2.45) is 5.14 Å². The van der Waals surface area contributed by atoms with Crippen LogP contribution in [0, 0.1) is 6.92 Å². The van der Waals surface area contributed by atoms with Gasteiger partial charge in [0.2, 0.25) is 10.0 Å². The van der Waals surface area contributed by atoms with E-state index in [1.165, 1.54) is 18.2 Å². The van der Waals surface area contributed by atoms with E-state index in [2.05, 4.69) is 11.9 Å². The molecule has 0 spiro atoms. The average molecular weight is 284 g/mol. The Hall–Kier alpha value is -1.86. The van der Waals surface area contributed by atoms with E-state index in [0.717, 1.165) is 0 Å². The first-order valence-electron chi connectivity index (χ1n) is 5.48. The first-order valence-corrected chi connectivity index (χ1v) is 7.03. The number of aryl methyl sites for hydroxylation is 1. The molecule has 0 saturated heterocycles. The summed E-state index contributed by atoms with van der Waals surface area (Å²) in [5.74, 6) is 0.117. The highest BCUT2D eigenvalue weighted by Crippen LogP contribution is 2.19. The minimum absolute atomic E-state index is 0.0379. The van der Waals surface area contributed by atoms with Gasteiger partial charge < -0.3 is 10.1 Å². The fraction of sp³-hybridized carbons (Fsp3) is 0.250. The van der Waals surface area contributed by atoms with Crippen molar-refractivity contribution in [2.75, 3.05) is 13.2 Å². The molecule has 0 aromatic heterocycles. The molecule has 0 saturated carbocycles. The van der Waals surface area contributed by atoms with Crippen molar-refractivity contribution in [1.29, 1.82) is 0 Å². The minimum Gasteiger partial charge on any atom is -0.484 e. The Morgan fingerprint density at radius 1 is 1.53 bits per heavy atom. The summed E-state index contributed by atoms with van der Waals surface area (Å²) in [5.41, 5.74) is 0.464. The number of rotatable bonds is 6. The Morgan fingerprint density at radius 2 is 2.21 bits per heavy atom. The van der Waals surface area contributed by atoms with Crippen LogP contribution in [-0.4, -0.2) is 27.5 Å². The molecule has 0 radical (unpaired) electrons. The van der Waals surface area contributed by atoms with Crippen LogP contribution in [0.2, 0.25) is 0 Å². The molecular formula is C12H16N2O4S. The van der Waals surface area contributed by atoms with Gasteiger partial charge in [-0.25, -0.2) is 13.6 Å². The number of benzene rings is 1. The van der Waals surface area contributed by atoms with Gasteiger partial charge in [0.25, 0.3) is 5.91 Å². The van der Waals surface area contributed by atoms with Crippen LogP contribution in [0.1, 0.15) is 5.56 Å². The molecule has 104 valence electrons. The molecule has 0 aliphatic heterocycles. The number of nitrogens with one attached hydrogen (secondary N) is 1. The van der Waals surface area contributed by atoms with E-state index >= 15 is 0 Å². The SMILES string of the molecule is C=CCNC(=O)COc1ccc(S(N)(=O)=O)c(C)c1. The standard InChI is InChI=1S/C12H16N2O4S/c1-3-6-14-12(15)8-18-10-4-5-11(9(2)7-10)19(13,16)17/h3-5,7H,1,6,8H2,2H3,(H,14,15)(H2,13,16,17). The number of hydrogen-bond donors (Lipinski definition) is 2. The van der Waals surface area contributed by atoms with Gasteiger partial charge in [0.15, 0.2) is 6.61 Å². The number of amides is 1. The summed E-state index contributed by atoms with van der Waals surface area (Å²) in [5, 5.41) is 7.60. The summed E-state index contributed by atoms with van der Waals surface area (Å²) in [6.07, 6.45) is 1.56. The van der Waals surface area contributed by atoms with Crippen LogP contribution < -0.4 is 15.2 Å². The molecule has 0 aliphatic rings. The maximum absolute atomic E-state index is 11.3. The lowest BCUT2D eigenvalue weighted by molar-refractivity contribution is -0.122. The molecule has 1 aromatic carbocycles. The third-order valence-corrected chi connectivity index (χ3v) is 3.34. The Bertz CT molecular complexity index is 581. The summed E-state index contributed by atoms with van der Waals surface area (Å²) < 4.78 is 27.7. The molecule has 0 aliphatic carbocycles.